The summed E-state index contributed by atoms with van der Waals surface area (Å²) in [5, 5.41) is 0. The molecule has 0 radical (unpaired) electrons. The van der Waals surface area contributed by atoms with Gasteiger partial charge in [0, 0.05) is 26.2 Å². The Morgan fingerprint density at radius 3 is 2.43 bits per heavy atom. The lowest BCUT2D eigenvalue weighted by Gasteiger charge is -2.36. The molecule has 1 aromatic rings. The van der Waals surface area contributed by atoms with Crippen molar-refractivity contribution in [2.24, 2.45) is 5.73 Å². The first kappa shape index (κ1) is 16.3. The largest absolute Gasteiger partial charge is 0.368 e. The monoisotopic (exact) mass is 311 g/mol. The van der Waals surface area contributed by atoms with Gasteiger partial charge < -0.3 is 10.6 Å². The molecule has 5 nitrogen and oxygen atoms in total. The highest BCUT2D eigenvalue weighted by molar-refractivity contribution is 7.91. The first-order valence-electron chi connectivity index (χ1n) is 7.57. The zero-order valence-electron chi connectivity index (χ0n) is 12.7. The van der Waals surface area contributed by atoms with Crippen molar-refractivity contribution in [1.29, 1.82) is 0 Å². The predicted molar refractivity (Wildman–Crippen MR) is 86.5 cm³/mol. The van der Waals surface area contributed by atoms with Gasteiger partial charge in [-0.2, -0.15) is 0 Å². The maximum absolute atomic E-state index is 12.2. The zero-order chi connectivity index (χ0) is 15.3. The van der Waals surface area contributed by atoms with Crippen molar-refractivity contribution in [2.75, 3.05) is 49.9 Å². The molecular formula is C15H25N3O2S. The van der Waals surface area contributed by atoms with Crippen LogP contribution in [0.3, 0.4) is 0 Å². The van der Waals surface area contributed by atoms with Crippen molar-refractivity contribution in [3.05, 3.63) is 24.3 Å². The molecule has 0 atom stereocenters. The second kappa shape index (κ2) is 7.24. The second-order valence-electron chi connectivity index (χ2n) is 5.34. The number of rotatable bonds is 6. The van der Waals surface area contributed by atoms with Gasteiger partial charge in [-0.05, 0) is 31.6 Å². The summed E-state index contributed by atoms with van der Waals surface area (Å²) in [5.41, 5.74) is 6.39. The van der Waals surface area contributed by atoms with Crippen molar-refractivity contribution in [3.8, 4) is 0 Å². The van der Waals surface area contributed by atoms with Gasteiger partial charge in [-0.15, -0.1) is 0 Å². The van der Waals surface area contributed by atoms with Crippen LogP contribution in [0.25, 0.3) is 0 Å². The summed E-state index contributed by atoms with van der Waals surface area (Å²) in [6, 6.07) is 7.33. The number of nitrogens with two attached hydrogens (primary N) is 1. The summed E-state index contributed by atoms with van der Waals surface area (Å²) >= 11 is 0. The fourth-order valence-electron chi connectivity index (χ4n) is 2.66. The summed E-state index contributed by atoms with van der Waals surface area (Å²) in [6.07, 6.45) is 1.01. The molecule has 6 heteroatoms. The molecule has 1 saturated heterocycles. The summed E-state index contributed by atoms with van der Waals surface area (Å²) in [5.74, 6) is 0.139. The maximum Gasteiger partial charge on any atom is 0.180 e. The van der Waals surface area contributed by atoms with E-state index in [4.69, 9.17) is 5.73 Å². The van der Waals surface area contributed by atoms with E-state index in [1.54, 1.807) is 19.1 Å². The number of nitrogens with zero attached hydrogens (tertiary/aromatic N) is 2. The summed E-state index contributed by atoms with van der Waals surface area (Å²) < 4.78 is 24.4. The SMILES string of the molecule is CCS(=O)(=O)c1ccccc1N1CCN(CCCN)CC1. The third-order valence-corrected chi connectivity index (χ3v) is 5.75. The maximum atomic E-state index is 12.2. The molecule has 0 aromatic heterocycles. The molecule has 1 fully saturated rings. The molecule has 2 N–H and O–H groups in total. The molecule has 0 saturated carbocycles. The van der Waals surface area contributed by atoms with Crippen LogP contribution in [0.2, 0.25) is 0 Å². The van der Waals surface area contributed by atoms with Gasteiger partial charge in [0.1, 0.15) is 0 Å². The van der Waals surface area contributed by atoms with Gasteiger partial charge in [0.2, 0.25) is 0 Å². The van der Waals surface area contributed by atoms with Crippen molar-refractivity contribution in [3.63, 3.8) is 0 Å². The first-order chi connectivity index (χ1) is 10.1. The van der Waals surface area contributed by atoms with Gasteiger partial charge >= 0.3 is 0 Å². The number of piperazine rings is 1. The van der Waals surface area contributed by atoms with Gasteiger partial charge in [-0.3, -0.25) is 4.90 Å². The standard InChI is InChI=1S/C15H25N3O2S/c1-2-21(19,20)15-7-4-3-6-14(15)18-12-10-17(11-13-18)9-5-8-16/h3-4,6-7H,2,5,8-13,16H2,1H3. The van der Waals surface area contributed by atoms with E-state index in [2.05, 4.69) is 9.80 Å². The third kappa shape index (κ3) is 3.96. The lowest BCUT2D eigenvalue weighted by atomic mass is 10.2. The number of sulfone groups is 1. The second-order valence-corrected chi connectivity index (χ2v) is 7.59. The Morgan fingerprint density at radius 2 is 1.81 bits per heavy atom. The first-order valence-corrected chi connectivity index (χ1v) is 9.23. The van der Waals surface area contributed by atoms with E-state index in [1.165, 1.54) is 0 Å². The Balaban J connectivity index is 2.11. The number of para-hydroxylation sites is 1. The topological polar surface area (TPSA) is 66.6 Å². The Morgan fingerprint density at radius 1 is 1.14 bits per heavy atom. The highest BCUT2D eigenvalue weighted by Crippen LogP contribution is 2.26. The van der Waals surface area contributed by atoms with E-state index in [-0.39, 0.29) is 5.75 Å². The van der Waals surface area contributed by atoms with Crippen molar-refractivity contribution in [2.45, 2.75) is 18.2 Å². The van der Waals surface area contributed by atoms with Gasteiger partial charge in [-0.25, -0.2) is 8.42 Å². The molecule has 0 unspecified atom stereocenters. The van der Waals surface area contributed by atoms with Crippen LogP contribution in [-0.2, 0) is 9.84 Å². The fraction of sp³-hybridized carbons (Fsp3) is 0.600. The molecular weight excluding hydrogens is 286 g/mol. The van der Waals surface area contributed by atoms with Crippen LogP contribution in [0.1, 0.15) is 13.3 Å². The molecule has 0 bridgehead atoms. The van der Waals surface area contributed by atoms with Gasteiger partial charge in [0.15, 0.2) is 9.84 Å². The molecule has 21 heavy (non-hydrogen) atoms. The van der Waals surface area contributed by atoms with Crippen LogP contribution >= 0.6 is 0 Å². The summed E-state index contributed by atoms with van der Waals surface area (Å²) in [6.45, 7) is 7.08. The minimum atomic E-state index is -3.18. The minimum Gasteiger partial charge on any atom is -0.368 e. The average Bonchev–Trinajstić information content (AvgIpc) is 2.53. The lowest BCUT2D eigenvalue weighted by molar-refractivity contribution is 0.256. The lowest BCUT2D eigenvalue weighted by Crippen LogP contribution is -2.47. The fourth-order valence-corrected chi connectivity index (χ4v) is 3.78. The van der Waals surface area contributed by atoms with Crippen LogP contribution in [-0.4, -0.2) is 58.3 Å². The average molecular weight is 311 g/mol. The van der Waals surface area contributed by atoms with Crippen molar-refractivity contribution in [1.82, 2.24) is 4.90 Å². The molecule has 1 aromatic carbocycles. The van der Waals surface area contributed by atoms with E-state index >= 15 is 0 Å². The Kier molecular flexibility index (Phi) is 5.61. The highest BCUT2D eigenvalue weighted by Gasteiger charge is 2.23. The van der Waals surface area contributed by atoms with E-state index in [1.807, 2.05) is 12.1 Å². The van der Waals surface area contributed by atoms with E-state index < -0.39 is 9.84 Å². The number of benzene rings is 1. The predicted octanol–water partition coefficient (Wildman–Crippen LogP) is 0.951. The molecule has 1 aliphatic rings. The summed E-state index contributed by atoms with van der Waals surface area (Å²) in [7, 11) is -3.18. The quantitative estimate of drug-likeness (QED) is 0.847. The minimum absolute atomic E-state index is 0.139. The summed E-state index contributed by atoms with van der Waals surface area (Å²) in [4.78, 5) is 5.03. The van der Waals surface area contributed by atoms with E-state index in [0.29, 0.717) is 4.90 Å². The zero-order valence-corrected chi connectivity index (χ0v) is 13.5. The number of anilines is 1. The Labute approximate surface area is 127 Å². The molecule has 0 spiro atoms. The van der Waals surface area contributed by atoms with Crippen molar-refractivity contribution < 1.29 is 8.42 Å². The molecule has 118 valence electrons. The van der Waals surface area contributed by atoms with E-state index in [0.717, 1.165) is 51.4 Å². The molecule has 1 aliphatic heterocycles. The molecule has 2 rings (SSSR count). The van der Waals surface area contributed by atoms with Crippen LogP contribution in [0.5, 0.6) is 0 Å². The Hall–Kier alpha value is -1.11. The van der Waals surface area contributed by atoms with Crippen LogP contribution in [0, 0.1) is 0 Å². The molecule has 1 heterocycles. The molecule has 0 aliphatic carbocycles. The van der Waals surface area contributed by atoms with Crippen molar-refractivity contribution >= 4 is 15.5 Å². The van der Waals surface area contributed by atoms with Crippen LogP contribution in [0.4, 0.5) is 5.69 Å². The van der Waals surface area contributed by atoms with E-state index in [9.17, 15) is 8.42 Å². The van der Waals surface area contributed by atoms with Gasteiger partial charge in [0.25, 0.3) is 0 Å². The normalized spacial score (nSPS) is 17.1. The Bertz CT molecular complexity index is 552. The smallest absolute Gasteiger partial charge is 0.180 e. The van der Waals surface area contributed by atoms with Gasteiger partial charge in [0.05, 0.1) is 16.3 Å². The highest BCUT2D eigenvalue weighted by atomic mass is 32.2. The number of hydrogen-bond acceptors (Lipinski definition) is 5. The third-order valence-electron chi connectivity index (χ3n) is 3.97. The van der Waals surface area contributed by atoms with Crippen LogP contribution in [0.15, 0.2) is 29.2 Å². The van der Waals surface area contributed by atoms with Crippen LogP contribution < -0.4 is 10.6 Å². The van der Waals surface area contributed by atoms with Gasteiger partial charge in [-0.1, -0.05) is 19.1 Å². The molecule has 0 amide bonds. The number of hydrogen-bond donors (Lipinski definition) is 1.